The Balaban J connectivity index is 4.03. The topological polar surface area (TPSA) is 0 Å². The van der Waals surface area contributed by atoms with Crippen molar-refractivity contribution in [1.29, 1.82) is 0 Å². The zero-order valence-electron chi connectivity index (χ0n) is 5.42. The summed E-state index contributed by atoms with van der Waals surface area (Å²) >= 11 is 0. The highest BCUT2D eigenvalue weighted by Gasteiger charge is 2.28. The zero-order chi connectivity index (χ0) is 7.49. The van der Waals surface area contributed by atoms with Gasteiger partial charge in [0.05, 0.1) is 0 Å². The van der Waals surface area contributed by atoms with E-state index in [-0.39, 0.29) is 0 Å². The van der Waals surface area contributed by atoms with E-state index < -0.39 is 11.7 Å². The molecule has 3 heteroatoms. The van der Waals surface area contributed by atoms with Crippen molar-refractivity contribution in [3.05, 3.63) is 11.6 Å². The normalized spacial score (nSPS) is 14.1. The van der Waals surface area contributed by atoms with Crippen LogP contribution in [0.1, 0.15) is 20.3 Å². The minimum absolute atomic E-state index is 0.436. The lowest BCUT2D eigenvalue weighted by atomic mass is 10.2. The third-order valence-electron chi connectivity index (χ3n) is 0.957. The molecule has 0 heterocycles. The molecule has 0 fully saturated rings. The lowest BCUT2D eigenvalue weighted by Gasteiger charge is -2.04. The number of alkyl halides is 3. The molecule has 0 aromatic rings. The van der Waals surface area contributed by atoms with Gasteiger partial charge in [0.1, 0.15) is 0 Å². The van der Waals surface area contributed by atoms with E-state index in [1.165, 1.54) is 6.08 Å². The van der Waals surface area contributed by atoms with Gasteiger partial charge in [-0.15, -0.1) is 0 Å². The molecule has 0 N–H and O–H groups in total. The highest BCUT2D eigenvalue weighted by molar-refractivity contribution is 5.04. The summed E-state index contributed by atoms with van der Waals surface area (Å²) in [5, 5.41) is 0. The molecule has 0 atom stereocenters. The van der Waals surface area contributed by atoms with E-state index in [0.717, 1.165) is 6.92 Å². The van der Waals surface area contributed by atoms with Crippen molar-refractivity contribution in [1.82, 2.24) is 0 Å². The molecule has 0 radical (unpaired) electrons. The molecule has 0 aromatic heterocycles. The SMILES string of the molecule is CCC=C(C)C(F)(F)F. The second-order valence-electron chi connectivity index (χ2n) is 1.79. The first-order chi connectivity index (χ1) is 3.98. The van der Waals surface area contributed by atoms with Gasteiger partial charge < -0.3 is 0 Å². The number of hydrogen-bond donors (Lipinski definition) is 0. The van der Waals surface area contributed by atoms with Crippen molar-refractivity contribution in [3.8, 4) is 0 Å². The molecule has 0 saturated heterocycles. The van der Waals surface area contributed by atoms with Gasteiger partial charge in [0, 0.05) is 5.57 Å². The molecule has 0 unspecified atom stereocenters. The van der Waals surface area contributed by atoms with Crippen LogP contribution < -0.4 is 0 Å². The summed E-state index contributed by atoms with van der Waals surface area (Å²) in [5.74, 6) is 0. The van der Waals surface area contributed by atoms with Crippen molar-refractivity contribution >= 4 is 0 Å². The van der Waals surface area contributed by atoms with Gasteiger partial charge in [-0.2, -0.15) is 13.2 Å². The summed E-state index contributed by atoms with van der Waals surface area (Å²) in [5.41, 5.74) is -0.509. The van der Waals surface area contributed by atoms with Crippen LogP contribution in [0.15, 0.2) is 11.6 Å². The van der Waals surface area contributed by atoms with Crippen LogP contribution in [0.3, 0.4) is 0 Å². The molecule has 0 nitrogen and oxygen atoms in total. The van der Waals surface area contributed by atoms with Gasteiger partial charge in [-0.25, -0.2) is 0 Å². The molecule has 54 valence electrons. The fraction of sp³-hybridized carbons (Fsp3) is 0.667. The predicted octanol–water partition coefficient (Wildman–Crippen LogP) is 2.91. The molecule has 0 spiro atoms. The van der Waals surface area contributed by atoms with Crippen molar-refractivity contribution in [3.63, 3.8) is 0 Å². The number of rotatable bonds is 1. The van der Waals surface area contributed by atoms with Crippen LogP contribution >= 0.6 is 0 Å². The largest absolute Gasteiger partial charge is 0.412 e. The fourth-order valence-electron chi connectivity index (χ4n) is 0.422. The average Bonchev–Trinajstić information content (AvgIpc) is 1.64. The van der Waals surface area contributed by atoms with Crippen LogP contribution in [0.4, 0.5) is 13.2 Å². The van der Waals surface area contributed by atoms with E-state index in [2.05, 4.69) is 0 Å². The molecule has 0 bridgehead atoms. The van der Waals surface area contributed by atoms with Crippen LogP contribution in [0, 0.1) is 0 Å². The van der Waals surface area contributed by atoms with Crippen LogP contribution in [-0.4, -0.2) is 6.18 Å². The first-order valence-electron chi connectivity index (χ1n) is 2.72. The van der Waals surface area contributed by atoms with Crippen molar-refractivity contribution < 1.29 is 13.2 Å². The molecule has 0 amide bonds. The monoisotopic (exact) mass is 138 g/mol. The van der Waals surface area contributed by atoms with E-state index in [9.17, 15) is 13.2 Å². The zero-order valence-corrected chi connectivity index (χ0v) is 5.42. The maximum absolute atomic E-state index is 11.6. The lowest BCUT2D eigenvalue weighted by molar-refractivity contribution is -0.0915. The quantitative estimate of drug-likeness (QED) is 0.489. The highest BCUT2D eigenvalue weighted by Crippen LogP contribution is 2.24. The Morgan fingerprint density at radius 1 is 1.44 bits per heavy atom. The smallest absolute Gasteiger partial charge is 0.167 e. The second kappa shape index (κ2) is 2.90. The summed E-state index contributed by atoms with van der Waals surface area (Å²) in [7, 11) is 0. The van der Waals surface area contributed by atoms with Crippen molar-refractivity contribution in [2.75, 3.05) is 0 Å². The number of halogens is 3. The maximum atomic E-state index is 11.6. The molecule has 0 aliphatic heterocycles. The molecule has 0 saturated carbocycles. The third-order valence-corrected chi connectivity index (χ3v) is 0.957. The predicted molar refractivity (Wildman–Crippen MR) is 30.1 cm³/mol. The molecular formula is C6H9F3. The highest BCUT2D eigenvalue weighted by atomic mass is 19.4. The van der Waals surface area contributed by atoms with Gasteiger partial charge in [0.15, 0.2) is 0 Å². The summed E-state index contributed by atoms with van der Waals surface area (Å²) in [4.78, 5) is 0. The Morgan fingerprint density at radius 3 is 2.00 bits per heavy atom. The Kier molecular flexibility index (Phi) is 2.74. The van der Waals surface area contributed by atoms with E-state index in [1.807, 2.05) is 0 Å². The number of allylic oxidation sites excluding steroid dienone is 2. The Labute approximate surface area is 52.4 Å². The summed E-state index contributed by atoms with van der Waals surface area (Å²) in [6.07, 6.45) is -2.53. The van der Waals surface area contributed by atoms with E-state index in [1.54, 1.807) is 6.92 Å². The van der Waals surface area contributed by atoms with Gasteiger partial charge in [-0.05, 0) is 13.3 Å². The first-order valence-corrected chi connectivity index (χ1v) is 2.72. The molecule has 0 aliphatic carbocycles. The van der Waals surface area contributed by atoms with Gasteiger partial charge in [0.2, 0.25) is 0 Å². The van der Waals surface area contributed by atoms with Gasteiger partial charge >= 0.3 is 6.18 Å². The Morgan fingerprint density at radius 2 is 1.89 bits per heavy atom. The molecular weight excluding hydrogens is 129 g/mol. The minimum atomic E-state index is -4.13. The third kappa shape index (κ3) is 3.16. The fourth-order valence-corrected chi connectivity index (χ4v) is 0.422. The van der Waals surface area contributed by atoms with Crippen molar-refractivity contribution in [2.24, 2.45) is 0 Å². The van der Waals surface area contributed by atoms with Gasteiger partial charge in [-0.3, -0.25) is 0 Å². The first kappa shape index (κ1) is 8.53. The summed E-state index contributed by atoms with van der Waals surface area (Å²) in [6, 6.07) is 0. The average molecular weight is 138 g/mol. The molecule has 0 aliphatic rings. The molecule has 9 heavy (non-hydrogen) atoms. The maximum Gasteiger partial charge on any atom is 0.412 e. The standard InChI is InChI=1S/C6H9F3/c1-3-4-5(2)6(7,8)9/h4H,3H2,1-2H3. The summed E-state index contributed by atoms with van der Waals surface area (Å²) < 4.78 is 34.7. The Bertz CT molecular complexity index is 110. The van der Waals surface area contributed by atoms with Crippen LogP contribution in [0.25, 0.3) is 0 Å². The van der Waals surface area contributed by atoms with Crippen LogP contribution in [-0.2, 0) is 0 Å². The van der Waals surface area contributed by atoms with Crippen molar-refractivity contribution in [2.45, 2.75) is 26.4 Å². The molecule has 0 aromatic carbocycles. The van der Waals surface area contributed by atoms with E-state index in [4.69, 9.17) is 0 Å². The minimum Gasteiger partial charge on any atom is -0.167 e. The lowest BCUT2D eigenvalue weighted by Crippen LogP contribution is -2.08. The van der Waals surface area contributed by atoms with Crippen LogP contribution in [0.5, 0.6) is 0 Å². The van der Waals surface area contributed by atoms with Crippen LogP contribution in [0.2, 0.25) is 0 Å². The van der Waals surface area contributed by atoms with E-state index in [0.29, 0.717) is 6.42 Å². The summed E-state index contributed by atoms with van der Waals surface area (Å²) in [6.45, 7) is 2.75. The Hall–Kier alpha value is -0.470. The van der Waals surface area contributed by atoms with Gasteiger partial charge in [-0.1, -0.05) is 13.0 Å². The second-order valence-corrected chi connectivity index (χ2v) is 1.79. The van der Waals surface area contributed by atoms with Gasteiger partial charge in [0.25, 0.3) is 0 Å². The van der Waals surface area contributed by atoms with E-state index >= 15 is 0 Å². The number of hydrogen-bond acceptors (Lipinski definition) is 0. The molecule has 0 rings (SSSR count).